The van der Waals surface area contributed by atoms with Crippen LogP contribution in [0.1, 0.15) is 23.0 Å². The Morgan fingerprint density at radius 3 is 2.55 bits per heavy atom. The number of aliphatic hydroxyl groups is 1. The van der Waals surface area contributed by atoms with Gasteiger partial charge in [-0.3, -0.25) is 0 Å². The van der Waals surface area contributed by atoms with Crippen LogP contribution in [0.2, 0.25) is 0 Å². The van der Waals surface area contributed by atoms with Gasteiger partial charge in [0.2, 0.25) is 10.0 Å². The molecule has 1 aromatic carbocycles. The minimum atomic E-state index is -3.36. The molecule has 1 aromatic heterocycles. The molecule has 1 heterocycles. The lowest BCUT2D eigenvalue weighted by atomic mass is 10.2. The van der Waals surface area contributed by atoms with E-state index in [4.69, 9.17) is 0 Å². The van der Waals surface area contributed by atoms with Gasteiger partial charge >= 0.3 is 0 Å². The number of sulfonamides is 1. The van der Waals surface area contributed by atoms with E-state index in [0.29, 0.717) is 6.42 Å². The second kappa shape index (κ2) is 6.99. The van der Waals surface area contributed by atoms with Crippen molar-refractivity contribution in [2.75, 3.05) is 6.54 Å². The Labute approximate surface area is 123 Å². The lowest BCUT2D eigenvalue weighted by Gasteiger charge is -2.10. The van der Waals surface area contributed by atoms with Crippen molar-refractivity contribution >= 4 is 21.4 Å². The maximum absolute atomic E-state index is 11.9. The summed E-state index contributed by atoms with van der Waals surface area (Å²) < 4.78 is 26.3. The van der Waals surface area contributed by atoms with E-state index < -0.39 is 16.1 Å². The minimum Gasteiger partial charge on any atom is -0.388 e. The van der Waals surface area contributed by atoms with Crippen molar-refractivity contribution in [3.63, 3.8) is 0 Å². The quantitative estimate of drug-likeness (QED) is 0.824. The first kappa shape index (κ1) is 15.2. The van der Waals surface area contributed by atoms with E-state index >= 15 is 0 Å². The third kappa shape index (κ3) is 4.72. The number of hydrogen-bond acceptors (Lipinski definition) is 4. The maximum atomic E-state index is 11.9. The number of hydrogen-bond donors (Lipinski definition) is 2. The third-order valence-electron chi connectivity index (χ3n) is 2.81. The lowest BCUT2D eigenvalue weighted by molar-refractivity contribution is 0.173. The van der Waals surface area contributed by atoms with E-state index in [1.807, 2.05) is 35.7 Å². The van der Waals surface area contributed by atoms with Crippen LogP contribution in [-0.2, 0) is 15.8 Å². The Morgan fingerprint density at radius 2 is 1.90 bits per heavy atom. The molecule has 2 aromatic rings. The van der Waals surface area contributed by atoms with Gasteiger partial charge in [-0.15, -0.1) is 11.3 Å². The molecule has 2 N–H and O–H groups in total. The monoisotopic (exact) mass is 311 g/mol. The Bertz CT molecular complexity index is 609. The van der Waals surface area contributed by atoms with Crippen molar-refractivity contribution in [2.45, 2.75) is 18.3 Å². The number of thiophene rings is 1. The SMILES string of the molecule is O=S(=O)(Cc1ccccc1)NCCC(O)c1cccs1. The molecule has 108 valence electrons. The van der Waals surface area contributed by atoms with Gasteiger partial charge in [-0.05, 0) is 23.4 Å². The van der Waals surface area contributed by atoms with E-state index in [0.717, 1.165) is 10.4 Å². The van der Waals surface area contributed by atoms with Crippen LogP contribution in [0.25, 0.3) is 0 Å². The van der Waals surface area contributed by atoms with Crippen molar-refractivity contribution in [3.8, 4) is 0 Å². The molecule has 0 amide bonds. The van der Waals surface area contributed by atoms with Gasteiger partial charge in [0.1, 0.15) is 0 Å². The van der Waals surface area contributed by atoms with Gasteiger partial charge < -0.3 is 5.11 Å². The fourth-order valence-corrected chi connectivity index (χ4v) is 3.73. The molecule has 2 rings (SSSR count). The topological polar surface area (TPSA) is 66.4 Å². The largest absolute Gasteiger partial charge is 0.388 e. The van der Waals surface area contributed by atoms with E-state index in [2.05, 4.69) is 4.72 Å². The summed E-state index contributed by atoms with van der Waals surface area (Å²) in [5.41, 5.74) is 0.749. The molecule has 20 heavy (non-hydrogen) atoms. The molecule has 6 heteroatoms. The van der Waals surface area contributed by atoms with E-state index in [1.165, 1.54) is 11.3 Å². The summed E-state index contributed by atoms with van der Waals surface area (Å²) in [5, 5.41) is 11.8. The first-order valence-corrected chi connectivity index (χ1v) is 8.83. The van der Waals surface area contributed by atoms with Gasteiger partial charge in [0.25, 0.3) is 0 Å². The second-order valence-electron chi connectivity index (χ2n) is 4.46. The lowest BCUT2D eigenvalue weighted by Crippen LogP contribution is -2.27. The highest BCUT2D eigenvalue weighted by molar-refractivity contribution is 7.88. The summed E-state index contributed by atoms with van der Waals surface area (Å²) in [6.45, 7) is 0.230. The van der Waals surface area contributed by atoms with Gasteiger partial charge in [0, 0.05) is 11.4 Å². The van der Waals surface area contributed by atoms with Crippen molar-refractivity contribution in [2.24, 2.45) is 0 Å². The molecule has 0 saturated carbocycles. The fraction of sp³-hybridized carbons (Fsp3) is 0.286. The van der Waals surface area contributed by atoms with Crippen LogP contribution in [0.15, 0.2) is 47.8 Å². The Balaban J connectivity index is 1.81. The van der Waals surface area contributed by atoms with Crippen LogP contribution >= 0.6 is 11.3 Å². The molecule has 0 aliphatic heterocycles. The number of rotatable bonds is 7. The summed E-state index contributed by atoms with van der Waals surface area (Å²) in [5.74, 6) is -0.0388. The van der Waals surface area contributed by atoms with Gasteiger partial charge in [0.05, 0.1) is 11.9 Å². The molecule has 0 spiro atoms. The molecular weight excluding hydrogens is 294 g/mol. The molecule has 1 atom stereocenters. The standard InChI is InChI=1S/C14H17NO3S2/c16-13(14-7-4-10-19-14)8-9-15-20(17,18)11-12-5-2-1-3-6-12/h1-7,10,13,15-16H,8-9,11H2. The Hall–Kier alpha value is -1.21. The summed E-state index contributed by atoms with van der Waals surface area (Å²) in [6.07, 6.45) is -0.247. The molecule has 0 bridgehead atoms. The zero-order valence-electron chi connectivity index (χ0n) is 10.9. The summed E-state index contributed by atoms with van der Waals surface area (Å²) >= 11 is 1.46. The van der Waals surface area contributed by atoms with Gasteiger partial charge in [-0.2, -0.15) is 0 Å². The van der Waals surface area contributed by atoms with Crippen molar-refractivity contribution < 1.29 is 13.5 Å². The first-order valence-electron chi connectivity index (χ1n) is 6.29. The average molecular weight is 311 g/mol. The predicted molar refractivity (Wildman–Crippen MR) is 81.0 cm³/mol. The molecule has 1 unspecified atom stereocenters. The van der Waals surface area contributed by atoms with Crippen molar-refractivity contribution in [1.82, 2.24) is 4.72 Å². The van der Waals surface area contributed by atoms with Crippen LogP contribution in [0, 0.1) is 0 Å². The number of aliphatic hydroxyl groups excluding tert-OH is 1. The summed E-state index contributed by atoms with van der Waals surface area (Å²) in [4.78, 5) is 0.854. The van der Waals surface area contributed by atoms with Crippen molar-refractivity contribution in [3.05, 3.63) is 58.3 Å². The van der Waals surface area contributed by atoms with Crippen molar-refractivity contribution in [1.29, 1.82) is 0 Å². The van der Waals surface area contributed by atoms with Crippen LogP contribution in [-0.4, -0.2) is 20.1 Å². The van der Waals surface area contributed by atoms with E-state index in [1.54, 1.807) is 12.1 Å². The van der Waals surface area contributed by atoms with Crippen LogP contribution in [0.4, 0.5) is 0 Å². The molecule has 0 aliphatic carbocycles. The highest BCUT2D eigenvalue weighted by atomic mass is 32.2. The van der Waals surface area contributed by atoms with Crippen LogP contribution in [0.3, 0.4) is 0 Å². The third-order valence-corrected chi connectivity index (χ3v) is 5.14. The predicted octanol–water partition coefficient (Wildman–Crippen LogP) is 2.29. The second-order valence-corrected chi connectivity index (χ2v) is 7.25. The Morgan fingerprint density at radius 1 is 1.15 bits per heavy atom. The summed E-state index contributed by atoms with van der Waals surface area (Å²) in [6, 6.07) is 12.7. The smallest absolute Gasteiger partial charge is 0.215 e. The molecule has 0 fully saturated rings. The maximum Gasteiger partial charge on any atom is 0.215 e. The highest BCUT2D eigenvalue weighted by Gasteiger charge is 2.13. The first-order chi connectivity index (χ1) is 9.57. The molecule has 4 nitrogen and oxygen atoms in total. The van der Waals surface area contributed by atoms with Crippen LogP contribution < -0.4 is 4.72 Å². The zero-order valence-corrected chi connectivity index (χ0v) is 12.5. The molecular formula is C14H17NO3S2. The van der Waals surface area contributed by atoms with Gasteiger partial charge in [-0.1, -0.05) is 36.4 Å². The number of benzene rings is 1. The van der Waals surface area contributed by atoms with Gasteiger partial charge in [0.15, 0.2) is 0 Å². The highest BCUT2D eigenvalue weighted by Crippen LogP contribution is 2.21. The zero-order chi connectivity index (χ0) is 14.4. The van der Waals surface area contributed by atoms with E-state index in [9.17, 15) is 13.5 Å². The molecule has 0 aliphatic rings. The number of nitrogens with one attached hydrogen (secondary N) is 1. The molecule has 0 saturated heterocycles. The Kier molecular flexibility index (Phi) is 5.31. The summed E-state index contributed by atoms with van der Waals surface area (Å²) in [7, 11) is -3.36. The fourth-order valence-electron chi connectivity index (χ4n) is 1.82. The minimum absolute atomic E-state index is 0.0388. The van der Waals surface area contributed by atoms with Gasteiger partial charge in [-0.25, -0.2) is 13.1 Å². The van der Waals surface area contributed by atoms with Crippen LogP contribution in [0.5, 0.6) is 0 Å². The van der Waals surface area contributed by atoms with E-state index in [-0.39, 0.29) is 12.3 Å². The molecule has 0 radical (unpaired) electrons. The normalized spacial score (nSPS) is 13.2. The average Bonchev–Trinajstić information content (AvgIpc) is 2.93.